The zero-order chi connectivity index (χ0) is 96.4. The highest BCUT2D eigenvalue weighted by Gasteiger charge is 2.27. The summed E-state index contributed by atoms with van der Waals surface area (Å²) in [5, 5.41) is 21.7. The van der Waals surface area contributed by atoms with Gasteiger partial charge in [-0.1, -0.05) is 328 Å². The fourth-order valence-corrected chi connectivity index (χ4v) is 23.9. The molecular weight excluding hydrogens is 1790 g/mol. The molecule has 147 heavy (non-hydrogen) atoms. The predicted molar refractivity (Wildman–Crippen MR) is 614 cm³/mol. The van der Waals surface area contributed by atoms with Crippen LogP contribution in [0.4, 0.5) is 0 Å². The van der Waals surface area contributed by atoms with Crippen molar-refractivity contribution in [3.05, 3.63) is 522 Å². The lowest BCUT2D eigenvalue weighted by Crippen LogP contribution is -1.97. The summed E-state index contributed by atoms with van der Waals surface area (Å²) in [4.78, 5) is 0. The van der Waals surface area contributed by atoms with Gasteiger partial charge in [-0.05, 0) is 244 Å². The van der Waals surface area contributed by atoms with Crippen molar-refractivity contribution in [3.8, 4) is 89.8 Å². The molecule has 0 aliphatic rings. The number of hydrogen-bond donors (Lipinski definition) is 0. The lowest BCUT2D eigenvalue weighted by Gasteiger charge is -2.14. The minimum atomic E-state index is 0.898. The molecule has 0 amide bonds. The standard InChI is InChI=1S/2C48H30N2O.C42H26N2O/c1-2-13-31(14-3-1)34-15-4-8-19-40(34)49-41-20-9-5-16-35(41)38-29-32(25-27-43(38)49)33-26-28-44-39(30-33)36-17-6-10-21-42(36)50(44)45-22-12-24-47-48(45)37-18-7-11-23-46(37)51-47;1-2-12-31(13-3-1)32-14-10-15-35(28-32)49-41-19-7-4-16-36(41)39-29-33(24-26-43(39)49)34-25-27-44-40(30-34)37-17-5-8-20-42(37)50(44)45-21-11-23-47-48(45)38-18-6-9-22-46(38)51-47;1-2-11-29(12-3-1)43-35-16-7-4-13-30(35)33-25-27(21-23-37(33)43)28-22-24-38-34(26-28)31-14-5-8-17-36(31)44(38)39-18-10-20-41-42(39)32-15-6-9-19-40(32)45-41/h2*1-30H;1-26H. The van der Waals surface area contributed by atoms with Crippen LogP contribution in [-0.4, -0.2) is 27.4 Å². The van der Waals surface area contributed by atoms with Crippen molar-refractivity contribution >= 4 is 197 Å². The molecule has 0 unspecified atom stereocenters. The van der Waals surface area contributed by atoms with E-state index in [-0.39, 0.29) is 0 Å². The lowest BCUT2D eigenvalue weighted by atomic mass is 10.0. The summed E-state index contributed by atoms with van der Waals surface area (Å²) in [6, 6.07) is 188. The second-order valence-electron chi connectivity index (χ2n) is 38.4. The van der Waals surface area contributed by atoms with Gasteiger partial charge in [0.15, 0.2) is 0 Å². The third kappa shape index (κ3) is 13.2. The highest BCUT2D eigenvalue weighted by molar-refractivity contribution is 6.21. The van der Waals surface area contributed by atoms with Gasteiger partial charge < -0.3 is 40.7 Å². The number of rotatable bonds is 11. The Balaban J connectivity index is 0.000000102. The number of fused-ring (bicyclic) bond motifs is 27. The highest BCUT2D eigenvalue weighted by atomic mass is 16.3. The predicted octanol–water partition coefficient (Wildman–Crippen LogP) is 37.7. The van der Waals surface area contributed by atoms with E-state index in [9.17, 15) is 0 Å². The Morgan fingerprint density at radius 1 is 0.116 bits per heavy atom. The maximum atomic E-state index is 6.30. The van der Waals surface area contributed by atoms with Crippen molar-refractivity contribution in [1.29, 1.82) is 0 Å². The molecular formula is C138H86N6O3. The Kier molecular flexibility index (Phi) is 18.9. The third-order valence-corrected chi connectivity index (χ3v) is 30.4. The van der Waals surface area contributed by atoms with E-state index in [0.717, 1.165) is 88.6 Å². The molecule has 0 saturated heterocycles. The molecule has 0 aliphatic heterocycles. The van der Waals surface area contributed by atoms with Gasteiger partial charge in [-0.2, -0.15) is 0 Å². The van der Waals surface area contributed by atoms with Gasteiger partial charge in [0, 0.05) is 97.7 Å². The Morgan fingerprint density at radius 2 is 0.333 bits per heavy atom. The zero-order valence-electron chi connectivity index (χ0n) is 79.6. The first-order chi connectivity index (χ1) is 72.9. The largest absolute Gasteiger partial charge is 0.456 e. The van der Waals surface area contributed by atoms with Crippen LogP contribution in [-0.2, 0) is 0 Å². The van der Waals surface area contributed by atoms with Gasteiger partial charge in [0.25, 0.3) is 0 Å². The first-order valence-electron chi connectivity index (χ1n) is 50.2. The summed E-state index contributed by atoms with van der Waals surface area (Å²) in [6.45, 7) is 0. The molecule has 0 radical (unpaired) electrons. The molecule has 32 aromatic rings. The summed E-state index contributed by atoms with van der Waals surface area (Å²) in [5.74, 6) is 0. The number of para-hydroxylation sites is 11. The molecule has 0 bridgehead atoms. The van der Waals surface area contributed by atoms with Gasteiger partial charge in [-0.25, -0.2) is 0 Å². The van der Waals surface area contributed by atoms with E-state index in [1.54, 1.807) is 0 Å². The van der Waals surface area contributed by atoms with Crippen LogP contribution < -0.4 is 0 Å². The van der Waals surface area contributed by atoms with Crippen LogP contribution >= 0.6 is 0 Å². The molecule has 0 atom stereocenters. The van der Waals surface area contributed by atoms with Crippen LogP contribution in [0.1, 0.15) is 0 Å². The Morgan fingerprint density at radius 3 is 0.680 bits per heavy atom. The molecule has 0 N–H and O–H groups in total. The lowest BCUT2D eigenvalue weighted by molar-refractivity contribution is 0.668. The van der Waals surface area contributed by atoms with Crippen LogP contribution in [0, 0.1) is 0 Å². The molecule has 686 valence electrons. The van der Waals surface area contributed by atoms with E-state index >= 15 is 0 Å². The number of aromatic nitrogens is 6. The van der Waals surface area contributed by atoms with Gasteiger partial charge in [0.1, 0.15) is 33.5 Å². The third-order valence-electron chi connectivity index (χ3n) is 30.4. The van der Waals surface area contributed by atoms with Gasteiger partial charge >= 0.3 is 0 Å². The number of hydrogen-bond acceptors (Lipinski definition) is 3. The topological polar surface area (TPSA) is 69.0 Å². The molecule has 9 heterocycles. The van der Waals surface area contributed by atoms with E-state index in [1.807, 2.05) is 36.4 Å². The molecule has 32 rings (SSSR count). The maximum absolute atomic E-state index is 6.30. The average Bonchev–Trinajstić information content (AvgIpc) is 1.58. The first kappa shape index (κ1) is 83.1. The maximum Gasteiger partial charge on any atom is 0.137 e. The minimum Gasteiger partial charge on any atom is -0.456 e. The van der Waals surface area contributed by atoms with Crippen LogP contribution in [0.3, 0.4) is 0 Å². The SMILES string of the molecule is c1ccc(-c2cccc(-n3c4ccccc4c4cc(-c5ccc6c(c5)c5ccccc5n6-c5cccc6oc7ccccc7c56)ccc43)c2)cc1.c1ccc(-c2ccccc2-n2c3ccccc3c3cc(-c4ccc5c(c4)c4ccccc4n5-c4cccc5oc6ccccc6c45)ccc32)cc1.c1ccc(-n2c3ccccc3c3cc(-c4ccc5c(c4)c4ccccc4n5-c4cccc5oc6ccccc6c45)ccc32)cc1. The van der Waals surface area contributed by atoms with Crippen LogP contribution in [0.5, 0.6) is 0 Å². The van der Waals surface area contributed by atoms with Crippen molar-refractivity contribution in [2.45, 2.75) is 0 Å². The Labute approximate surface area is 842 Å². The summed E-state index contributed by atoms with van der Waals surface area (Å²) in [5.41, 5.74) is 38.7. The van der Waals surface area contributed by atoms with Crippen LogP contribution in [0.15, 0.2) is 535 Å². The molecule has 23 aromatic carbocycles. The number of furan rings is 3. The number of benzene rings is 23. The number of nitrogens with zero attached hydrogens (tertiary/aromatic N) is 6. The molecule has 0 aliphatic carbocycles. The quantitative estimate of drug-likeness (QED) is 0.130. The average molecular weight is 1880 g/mol. The van der Waals surface area contributed by atoms with Crippen LogP contribution in [0.2, 0.25) is 0 Å². The normalized spacial score (nSPS) is 11.9. The van der Waals surface area contributed by atoms with Crippen molar-refractivity contribution in [2.75, 3.05) is 0 Å². The monoisotopic (exact) mass is 1870 g/mol. The van der Waals surface area contributed by atoms with E-state index in [0.29, 0.717) is 0 Å². The van der Waals surface area contributed by atoms with Crippen molar-refractivity contribution in [2.24, 2.45) is 0 Å². The first-order valence-corrected chi connectivity index (χ1v) is 50.2. The van der Waals surface area contributed by atoms with Crippen molar-refractivity contribution in [1.82, 2.24) is 27.4 Å². The molecule has 0 fully saturated rings. The minimum absolute atomic E-state index is 0.898. The van der Waals surface area contributed by atoms with Gasteiger partial charge in [-0.15, -0.1) is 0 Å². The molecule has 9 nitrogen and oxygen atoms in total. The molecule has 9 heteroatoms. The van der Waals surface area contributed by atoms with Crippen LogP contribution in [0.25, 0.3) is 286 Å². The van der Waals surface area contributed by atoms with Crippen molar-refractivity contribution < 1.29 is 13.3 Å². The fourth-order valence-electron chi connectivity index (χ4n) is 23.9. The van der Waals surface area contributed by atoms with E-state index < -0.39 is 0 Å². The van der Waals surface area contributed by atoms with Crippen molar-refractivity contribution in [3.63, 3.8) is 0 Å². The second kappa shape index (κ2) is 33.5. The summed E-state index contributed by atoms with van der Waals surface area (Å²) in [6.07, 6.45) is 0. The summed E-state index contributed by atoms with van der Waals surface area (Å²) >= 11 is 0. The fraction of sp³-hybridized carbons (Fsp3) is 0. The van der Waals surface area contributed by atoms with E-state index in [4.69, 9.17) is 13.3 Å². The van der Waals surface area contributed by atoms with Gasteiger partial charge in [0.05, 0.1) is 105 Å². The molecule has 0 saturated carbocycles. The summed E-state index contributed by atoms with van der Waals surface area (Å²) < 4.78 is 33.3. The van der Waals surface area contributed by atoms with Gasteiger partial charge in [-0.3, -0.25) is 0 Å². The highest BCUT2D eigenvalue weighted by Crippen LogP contribution is 2.49. The van der Waals surface area contributed by atoms with Gasteiger partial charge in [0.2, 0.25) is 0 Å². The zero-order valence-corrected chi connectivity index (χ0v) is 79.6. The Bertz CT molecular complexity index is 11000. The summed E-state index contributed by atoms with van der Waals surface area (Å²) in [7, 11) is 0. The van der Waals surface area contributed by atoms with E-state index in [1.165, 1.54) is 198 Å². The molecule has 0 spiro atoms. The smallest absolute Gasteiger partial charge is 0.137 e. The second-order valence-corrected chi connectivity index (χ2v) is 38.4. The Hall–Kier alpha value is -19.7. The van der Waals surface area contributed by atoms with E-state index in [2.05, 4.69) is 513 Å². The molecule has 9 aromatic heterocycles.